The Balaban J connectivity index is 2.53. The molecular formula is C12H25NO3Si. The van der Waals surface area contributed by atoms with E-state index >= 15 is 0 Å². The molecule has 1 heterocycles. The Morgan fingerprint density at radius 1 is 1.35 bits per heavy atom. The fraction of sp³-hybridized carbons (Fsp3) is 0.917. The lowest BCUT2D eigenvalue weighted by Crippen LogP contribution is -2.44. The number of esters is 1. The number of carbonyl (C=O) groups is 1. The molecule has 17 heavy (non-hydrogen) atoms. The number of hydrogen-bond donors (Lipinski definition) is 1. The summed E-state index contributed by atoms with van der Waals surface area (Å²) in [5.74, 6) is -0.189. The van der Waals surface area contributed by atoms with Gasteiger partial charge in [-0.25, -0.2) is 0 Å². The van der Waals surface area contributed by atoms with Gasteiger partial charge in [-0.1, -0.05) is 20.8 Å². The Morgan fingerprint density at radius 3 is 2.41 bits per heavy atom. The van der Waals surface area contributed by atoms with Crippen LogP contribution in [0.15, 0.2) is 0 Å². The highest BCUT2D eigenvalue weighted by molar-refractivity contribution is 6.74. The van der Waals surface area contributed by atoms with E-state index in [1.54, 1.807) is 0 Å². The minimum absolute atomic E-state index is 0.139. The van der Waals surface area contributed by atoms with Crippen molar-refractivity contribution < 1.29 is 14.0 Å². The molecule has 0 unspecified atom stereocenters. The maximum atomic E-state index is 11.4. The van der Waals surface area contributed by atoms with Crippen LogP contribution in [-0.4, -0.2) is 40.1 Å². The Bertz CT molecular complexity index is 286. The van der Waals surface area contributed by atoms with E-state index in [2.05, 4.69) is 39.2 Å². The summed E-state index contributed by atoms with van der Waals surface area (Å²) >= 11 is 0. The van der Waals surface area contributed by atoms with Gasteiger partial charge in [-0.15, -0.1) is 0 Å². The maximum absolute atomic E-state index is 11.4. The minimum Gasteiger partial charge on any atom is -0.468 e. The standard InChI is InChI=1S/C12H25NO3Si/c1-12(2,3)17(5,6)16-9-7-10(13-8-9)11(14)15-4/h9-10,13H,7-8H2,1-6H3/t9-,10-/m0/s1. The van der Waals surface area contributed by atoms with Gasteiger partial charge in [0, 0.05) is 6.54 Å². The zero-order chi connectivity index (χ0) is 13.3. The van der Waals surface area contributed by atoms with E-state index in [0.29, 0.717) is 0 Å². The van der Waals surface area contributed by atoms with Gasteiger partial charge in [0.25, 0.3) is 0 Å². The highest BCUT2D eigenvalue weighted by Crippen LogP contribution is 2.38. The summed E-state index contributed by atoms with van der Waals surface area (Å²) in [6, 6.07) is -0.199. The van der Waals surface area contributed by atoms with Crippen LogP contribution in [0.5, 0.6) is 0 Å². The number of methoxy groups -OCH3 is 1. The molecule has 1 aliphatic heterocycles. The van der Waals surface area contributed by atoms with Gasteiger partial charge in [-0.3, -0.25) is 4.79 Å². The second-order valence-electron chi connectivity index (χ2n) is 6.22. The van der Waals surface area contributed by atoms with E-state index < -0.39 is 8.32 Å². The van der Waals surface area contributed by atoms with Crippen molar-refractivity contribution in [2.45, 2.75) is 57.5 Å². The molecule has 2 atom stereocenters. The van der Waals surface area contributed by atoms with Crippen molar-refractivity contribution >= 4 is 14.3 Å². The lowest BCUT2D eigenvalue weighted by Gasteiger charge is -2.38. The van der Waals surface area contributed by atoms with E-state index in [4.69, 9.17) is 9.16 Å². The van der Waals surface area contributed by atoms with Crippen molar-refractivity contribution in [3.05, 3.63) is 0 Å². The van der Waals surface area contributed by atoms with Gasteiger partial charge < -0.3 is 14.5 Å². The van der Waals surface area contributed by atoms with Crippen LogP contribution in [0.4, 0.5) is 0 Å². The summed E-state index contributed by atoms with van der Waals surface area (Å²) in [7, 11) is -0.314. The minimum atomic E-state index is -1.74. The van der Waals surface area contributed by atoms with Crippen LogP contribution in [0.25, 0.3) is 0 Å². The van der Waals surface area contributed by atoms with E-state index in [1.807, 2.05) is 0 Å². The molecular weight excluding hydrogens is 234 g/mol. The van der Waals surface area contributed by atoms with E-state index in [9.17, 15) is 4.79 Å². The first-order chi connectivity index (χ1) is 7.67. The molecule has 0 radical (unpaired) electrons. The van der Waals surface area contributed by atoms with Crippen molar-refractivity contribution in [3.8, 4) is 0 Å². The predicted octanol–water partition coefficient (Wildman–Crippen LogP) is 1.91. The molecule has 1 aliphatic rings. The molecule has 0 saturated carbocycles. The monoisotopic (exact) mass is 259 g/mol. The van der Waals surface area contributed by atoms with Crippen molar-refractivity contribution in [1.29, 1.82) is 0 Å². The van der Waals surface area contributed by atoms with Gasteiger partial charge in [0.1, 0.15) is 6.04 Å². The largest absolute Gasteiger partial charge is 0.468 e. The van der Waals surface area contributed by atoms with Crippen LogP contribution in [0, 0.1) is 0 Å². The zero-order valence-electron chi connectivity index (χ0n) is 11.8. The summed E-state index contributed by atoms with van der Waals surface area (Å²) in [5.41, 5.74) is 0. The highest BCUT2D eigenvalue weighted by atomic mass is 28.4. The fourth-order valence-electron chi connectivity index (χ4n) is 1.71. The molecule has 4 nitrogen and oxygen atoms in total. The maximum Gasteiger partial charge on any atom is 0.322 e. The number of nitrogens with one attached hydrogen (secondary N) is 1. The van der Waals surface area contributed by atoms with Gasteiger partial charge in [0.15, 0.2) is 8.32 Å². The summed E-state index contributed by atoms with van der Waals surface area (Å²) < 4.78 is 11.0. The molecule has 1 fully saturated rings. The molecule has 1 rings (SSSR count). The molecule has 0 aromatic rings. The molecule has 0 aromatic carbocycles. The van der Waals surface area contributed by atoms with Gasteiger partial charge in [0.05, 0.1) is 13.2 Å². The van der Waals surface area contributed by atoms with Crippen LogP contribution >= 0.6 is 0 Å². The number of ether oxygens (including phenoxy) is 1. The third-order valence-electron chi connectivity index (χ3n) is 3.84. The average molecular weight is 259 g/mol. The molecule has 1 saturated heterocycles. The molecule has 0 bridgehead atoms. The van der Waals surface area contributed by atoms with Crippen LogP contribution < -0.4 is 5.32 Å². The number of carbonyl (C=O) groups excluding carboxylic acids is 1. The van der Waals surface area contributed by atoms with Gasteiger partial charge in [0.2, 0.25) is 0 Å². The predicted molar refractivity (Wildman–Crippen MR) is 70.5 cm³/mol. The van der Waals surface area contributed by atoms with Crippen molar-refractivity contribution in [2.75, 3.05) is 13.7 Å². The first-order valence-electron chi connectivity index (χ1n) is 6.16. The third kappa shape index (κ3) is 3.53. The van der Waals surface area contributed by atoms with E-state index in [-0.39, 0.29) is 23.2 Å². The normalized spacial score (nSPS) is 26.0. The number of rotatable bonds is 3. The Labute approximate surface area is 105 Å². The molecule has 0 spiro atoms. The second-order valence-corrected chi connectivity index (χ2v) is 11.0. The highest BCUT2D eigenvalue weighted by Gasteiger charge is 2.41. The first-order valence-corrected chi connectivity index (χ1v) is 9.07. The van der Waals surface area contributed by atoms with E-state index in [1.165, 1.54) is 7.11 Å². The molecule has 0 amide bonds. The Kier molecular flexibility index (Phi) is 4.38. The molecule has 0 aromatic heterocycles. The number of hydrogen-bond acceptors (Lipinski definition) is 4. The van der Waals surface area contributed by atoms with Crippen molar-refractivity contribution in [1.82, 2.24) is 5.32 Å². The smallest absolute Gasteiger partial charge is 0.322 e. The van der Waals surface area contributed by atoms with Crippen LogP contribution in [-0.2, 0) is 14.0 Å². The summed E-state index contributed by atoms with van der Waals surface area (Å²) in [4.78, 5) is 11.4. The van der Waals surface area contributed by atoms with Crippen molar-refractivity contribution in [2.24, 2.45) is 0 Å². The Morgan fingerprint density at radius 2 is 1.94 bits per heavy atom. The second kappa shape index (κ2) is 5.08. The quantitative estimate of drug-likeness (QED) is 0.621. The molecule has 1 N–H and O–H groups in total. The van der Waals surface area contributed by atoms with Crippen LogP contribution in [0.1, 0.15) is 27.2 Å². The van der Waals surface area contributed by atoms with E-state index in [0.717, 1.165) is 13.0 Å². The van der Waals surface area contributed by atoms with Gasteiger partial charge >= 0.3 is 5.97 Å². The van der Waals surface area contributed by atoms with Gasteiger partial charge in [-0.05, 0) is 24.6 Å². The van der Waals surface area contributed by atoms with Crippen LogP contribution in [0.3, 0.4) is 0 Å². The summed E-state index contributed by atoms with van der Waals surface area (Å²) in [6.07, 6.45) is 0.860. The lowest BCUT2D eigenvalue weighted by atomic mass is 10.2. The molecule has 5 heteroatoms. The zero-order valence-corrected chi connectivity index (χ0v) is 12.8. The van der Waals surface area contributed by atoms with Crippen molar-refractivity contribution in [3.63, 3.8) is 0 Å². The summed E-state index contributed by atoms with van der Waals surface area (Å²) in [5, 5.41) is 3.36. The lowest BCUT2D eigenvalue weighted by molar-refractivity contribution is -0.142. The Hall–Kier alpha value is -0.393. The fourth-order valence-corrected chi connectivity index (χ4v) is 3.07. The van der Waals surface area contributed by atoms with Gasteiger partial charge in [-0.2, -0.15) is 0 Å². The summed E-state index contributed by atoms with van der Waals surface area (Å²) in [6.45, 7) is 11.9. The third-order valence-corrected chi connectivity index (χ3v) is 8.38. The van der Waals surface area contributed by atoms with Crippen LogP contribution in [0.2, 0.25) is 18.1 Å². The average Bonchev–Trinajstić information content (AvgIpc) is 2.62. The SMILES string of the molecule is COC(=O)[C@@H]1C[C@H](O[Si](C)(C)C(C)(C)C)CN1. The topological polar surface area (TPSA) is 47.6 Å². The molecule has 0 aliphatic carbocycles. The first kappa shape index (κ1) is 14.7. The molecule has 100 valence electrons.